The fraction of sp³-hybridized carbons (Fsp3) is 0.105. The Balaban J connectivity index is 1.47. The Bertz CT molecular complexity index is 2780. The number of fused-ring (bicyclic) bond motifs is 1. The van der Waals surface area contributed by atoms with Crippen molar-refractivity contribution in [2.75, 3.05) is 28.9 Å². The second-order valence-electron chi connectivity index (χ2n) is 12.0. The molecule has 1 aromatic heterocycles. The molecule has 13 nitrogen and oxygen atoms in total. The molecule has 0 saturated heterocycles. The molecule has 0 spiro atoms. The molecular formula is C38H33Cl2N7O6S2. The molecule has 6 rings (SSSR count). The molecule has 0 bridgehead atoms. The summed E-state index contributed by atoms with van der Waals surface area (Å²) in [5.41, 5.74) is 1.64. The van der Waals surface area contributed by atoms with Crippen LogP contribution >= 0.6 is 23.2 Å². The summed E-state index contributed by atoms with van der Waals surface area (Å²) in [5.74, 6) is -0.949. The molecule has 4 N–H and O–H groups in total. The summed E-state index contributed by atoms with van der Waals surface area (Å²) in [5, 5.41) is 6.13. The minimum Gasteiger partial charge on any atom is -0.385 e. The van der Waals surface area contributed by atoms with Crippen LogP contribution in [0, 0.1) is 6.92 Å². The van der Waals surface area contributed by atoms with Gasteiger partial charge in [0.1, 0.15) is 0 Å². The third kappa shape index (κ3) is 8.40. The summed E-state index contributed by atoms with van der Waals surface area (Å²) in [6.45, 7) is 4.47. The van der Waals surface area contributed by atoms with Crippen molar-refractivity contribution in [3.8, 4) is 5.69 Å². The molecule has 55 heavy (non-hydrogen) atoms. The summed E-state index contributed by atoms with van der Waals surface area (Å²) < 4.78 is 57.8. The second-order valence-corrected chi connectivity index (χ2v) is 16.4. The van der Waals surface area contributed by atoms with E-state index < -0.39 is 31.5 Å². The zero-order valence-corrected chi connectivity index (χ0v) is 32.6. The number of hydrogen-bond acceptors (Lipinski definition) is 9. The van der Waals surface area contributed by atoms with Gasteiger partial charge in [0.05, 0.1) is 53.5 Å². The third-order valence-corrected chi connectivity index (χ3v) is 11.7. The quantitative estimate of drug-likeness (QED) is 0.0963. The lowest BCUT2D eigenvalue weighted by Gasteiger charge is -2.17. The van der Waals surface area contributed by atoms with Gasteiger partial charge in [-0.1, -0.05) is 53.5 Å². The van der Waals surface area contributed by atoms with Gasteiger partial charge in [0.2, 0.25) is 10.0 Å². The first kappa shape index (κ1) is 39.1. The fourth-order valence-electron chi connectivity index (χ4n) is 5.55. The predicted octanol–water partition coefficient (Wildman–Crippen LogP) is 6.90. The number of aliphatic imine (C=N–C) groups is 1. The number of sulfonamides is 2. The first-order valence-corrected chi connectivity index (χ1v) is 20.3. The molecule has 0 aliphatic heterocycles. The average molecular weight is 819 g/mol. The van der Waals surface area contributed by atoms with Gasteiger partial charge in [-0.2, -0.15) is 0 Å². The predicted molar refractivity (Wildman–Crippen MR) is 217 cm³/mol. The first-order chi connectivity index (χ1) is 26.2. The molecule has 5 aromatic carbocycles. The number of carbonyl (C=O) groups is 1. The summed E-state index contributed by atoms with van der Waals surface area (Å²) >= 11 is 12.8. The van der Waals surface area contributed by atoms with Crippen molar-refractivity contribution >= 4 is 88.5 Å². The Morgan fingerprint density at radius 1 is 0.800 bits per heavy atom. The number of nitrogens with one attached hydrogen (secondary N) is 4. The number of anilines is 3. The van der Waals surface area contributed by atoms with Crippen LogP contribution in [0.25, 0.3) is 16.6 Å². The van der Waals surface area contributed by atoms with Crippen LogP contribution in [0.5, 0.6) is 0 Å². The standard InChI is InChI=1S/C38H33Cl2N7O6S2/c1-4-42-24-14-19-31(23(2)20-24)43-35(36-44-32-13-9-8-12-28(32)38(49)47(36)25-10-6-5-7-11-25)37(48)45-33-21-27(16-17-29(33)39)55(52,53)46-34-22-26(15-18-30(34)40)54(50,51)41-3/h5-22,41-42,46H,4H2,1-3H3,(H,45,48). The van der Waals surface area contributed by atoms with E-state index in [-0.39, 0.29) is 42.7 Å². The average Bonchev–Trinajstić information content (AvgIpc) is 3.16. The van der Waals surface area contributed by atoms with Gasteiger partial charge in [0.25, 0.3) is 21.5 Å². The number of benzene rings is 5. The van der Waals surface area contributed by atoms with Gasteiger partial charge in [-0.15, -0.1) is 0 Å². The number of aryl methyl sites for hydroxylation is 1. The zero-order valence-electron chi connectivity index (χ0n) is 29.5. The summed E-state index contributed by atoms with van der Waals surface area (Å²) in [7, 11) is -7.16. The van der Waals surface area contributed by atoms with Gasteiger partial charge in [-0.3, -0.25) is 18.9 Å². The second kappa shape index (κ2) is 16.0. The number of carbonyl (C=O) groups excluding carboxylic acids is 1. The molecule has 0 unspecified atom stereocenters. The Labute approximate surface area is 327 Å². The van der Waals surface area contributed by atoms with Gasteiger partial charge in [0.15, 0.2) is 11.5 Å². The number of rotatable bonds is 12. The molecule has 17 heteroatoms. The molecule has 1 amide bonds. The van der Waals surface area contributed by atoms with Gasteiger partial charge >= 0.3 is 0 Å². The number of para-hydroxylation sites is 2. The Morgan fingerprint density at radius 3 is 2.11 bits per heavy atom. The van der Waals surface area contributed by atoms with Crippen molar-refractivity contribution in [1.29, 1.82) is 0 Å². The van der Waals surface area contributed by atoms with E-state index in [9.17, 15) is 26.4 Å². The maximum absolute atomic E-state index is 14.5. The zero-order chi connectivity index (χ0) is 39.5. The van der Waals surface area contributed by atoms with Crippen molar-refractivity contribution in [2.24, 2.45) is 4.99 Å². The lowest BCUT2D eigenvalue weighted by Crippen LogP contribution is -2.33. The van der Waals surface area contributed by atoms with Gasteiger partial charge < -0.3 is 10.6 Å². The Morgan fingerprint density at radius 2 is 1.44 bits per heavy atom. The molecule has 0 aliphatic rings. The van der Waals surface area contributed by atoms with E-state index in [1.54, 1.807) is 66.7 Å². The number of amides is 1. The maximum atomic E-state index is 14.5. The highest BCUT2D eigenvalue weighted by atomic mass is 35.5. The lowest BCUT2D eigenvalue weighted by atomic mass is 10.1. The minimum absolute atomic E-state index is 0.0233. The van der Waals surface area contributed by atoms with Gasteiger partial charge in [0, 0.05) is 12.2 Å². The molecule has 0 atom stereocenters. The van der Waals surface area contributed by atoms with Gasteiger partial charge in [-0.25, -0.2) is 31.5 Å². The molecule has 0 fully saturated rings. The highest BCUT2D eigenvalue weighted by Gasteiger charge is 2.26. The summed E-state index contributed by atoms with van der Waals surface area (Å²) in [4.78, 5) is 37.6. The molecule has 282 valence electrons. The van der Waals surface area contributed by atoms with Crippen molar-refractivity contribution in [3.05, 3.63) is 141 Å². The third-order valence-electron chi connectivity index (χ3n) is 8.28. The number of hydrogen-bond donors (Lipinski definition) is 4. The topological polar surface area (TPSA) is 181 Å². The van der Waals surface area contributed by atoms with Gasteiger partial charge in [-0.05, 0) is 105 Å². The monoisotopic (exact) mass is 817 g/mol. The SMILES string of the molecule is CCNc1ccc(N=C(C(=O)Nc2cc(S(=O)(=O)Nc3cc(S(=O)(=O)NC)ccc3Cl)ccc2Cl)c2nc3ccccc3c(=O)n2-c2ccccc2)c(C)c1. The van der Waals surface area contributed by atoms with Crippen LogP contribution in [0.1, 0.15) is 18.3 Å². The molecule has 0 aliphatic carbocycles. The molecular weight excluding hydrogens is 786 g/mol. The number of aromatic nitrogens is 2. The van der Waals surface area contributed by atoms with Crippen LogP contribution in [-0.4, -0.2) is 51.6 Å². The van der Waals surface area contributed by atoms with E-state index in [0.717, 1.165) is 17.8 Å². The molecule has 0 radical (unpaired) electrons. The minimum atomic E-state index is -4.44. The van der Waals surface area contributed by atoms with Crippen LogP contribution in [0.2, 0.25) is 10.0 Å². The lowest BCUT2D eigenvalue weighted by molar-refractivity contribution is -0.110. The van der Waals surface area contributed by atoms with Crippen molar-refractivity contribution in [3.63, 3.8) is 0 Å². The van der Waals surface area contributed by atoms with E-state index >= 15 is 0 Å². The number of halogens is 2. The van der Waals surface area contributed by atoms with Crippen LogP contribution in [0.3, 0.4) is 0 Å². The number of nitrogens with zero attached hydrogens (tertiary/aromatic N) is 3. The summed E-state index contributed by atoms with van der Waals surface area (Å²) in [6, 6.07) is 27.9. The van der Waals surface area contributed by atoms with E-state index in [1.165, 1.54) is 35.9 Å². The van der Waals surface area contributed by atoms with Crippen LogP contribution in [0.4, 0.5) is 22.7 Å². The summed E-state index contributed by atoms with van der Waals surface area (Å²) in [6.07, 6.45) is 0. The van der Waals surface area contributed by atoms with Crippen molar-refractivity contribution < 1.29 is 21.6 Å². The molecule has 1 heterocycles. The Kier molecular flexibility index (Phi) is 11.4. The van der Waals surface area contributed by atoms with Crippen LogP contribution in [-0.2, 0) is 24.8 Å². The van der Waals surface area contributed by atoms with Crippen LogP contribution in [0.15, 0.2) is 129 Å². The normalized spacial score (nSPS) is 12.1. The highest BCUT2D eigenvalue weighted by molar-refractivity contribution is 7.92. The maximum Gasteiger partial charge on any atom is 0.278 e. The largest absolute Gasteiger partial charge is 0.385 e. The van der Waals surface area contributed by atoms with Crippen molar-refractivity contribution in [2.45, 2.75) is 23.6 Å². The smallest absolute Gasteiger partial charge is 0.278 e. The Hall–Kier alpha value is -5.58. The van der Waals surface area contributed by atoms with Crippen molar-refractivity contribution in [1.82, 2.24) is 14.3 Å². The first-order valence-electron chi connectivity index (χ1n) is 16.6. The molecule has 6 aromatic rings. The fourth-order valence-corrected chi connectivity index (χ4v) is 7.78. The molecule has 0 saturated carbocycles. The van der Waals surface area contributed by atoms with E-state index in [1.807, 2.05) is 19.9 Å². The van der Waals surface area contributed by atoms with E-state index in [2.05, 4.69) is 20.1 Å². The van der Waals surface area contributed by atoms with E-state index in [4.69, 9.17) is 33.2 Å². The van der Waals surface area contributed by atoms with E-state index in [0.29, 0.717) is 34.4 Å². The highest BCUT2D eigenvalue weighted by Crippen LogP contribution is 2.31. The van der Waals surface area contributed by atoms with Crippen LogP contribution < -0.4 is 25.6 Å².